The van der Waals surface area contributed by atoms with Gasteiger partial charge in [-0.1, -0.05) is 29.8 Å². The van der Waals surface area contributed by atoms with Gasteiger partial charge in [-0.3, -0.25) is 9.78 Å². The predicted octanol–water partition coefficient (Wildman–Crippen LogP) is 6.46. The maximum atomic E-state index is 13.1. The average molecular weight is 470 g/mol. The van der Waals surface area contributed by atoms with Crippen LogP contribution in [0.15, 0.2) is 65.4 Å². The number of halogens is 5. The summed E-state index contributed by atoms with van der Waals surface area (Å²) >= 11 is 9.43. The highest BCUT2D eigenvalue weighted by molar-refractivity contribution is 9.10. The number of nitrogens with zero attached hydrogens (tertiary/aromatic N) is 2. The molecule has 144 valence electrons. The van der Waals surface area contributed by atoms with E-state index in [1.807, 2.05) is 0 Å². The van der Waals surface area contributed by atoms with Gasteiger partial charge in [0.1, 0.15) is 0 Å². The van der Waals surface area contributed by atoms with E-state index in [2.05, 4.69) is 20.9 Å². The van der Waals surface area contributed by atoms with Gasteiger partial charge in [0.2, 0.25) is 0 Å². The molecule has 1 amide bonds. The number of hydrogen-bond donors (Lipinski definition) is 0. The Bertz CT molecular complexity index is 1040. The molecule has 28 heavy (non-hydrogen) atoms. The molecule has 0 aliphatic carbocycles. The highest BCUT2D eigenvalue weighted by Crippen LogP contribution is 2.36. The first-order chi connectivity index (χ1) is 13.2. The molecule has 0 N–H and O–H groups in total. The molecular weight excluding hydrogens is 457 g/mol. The molecule has 0 aliphatic rings. The van der Waals surface area contributed by atoms with Crippen LogP contribution in [0.4, 0.5) is 18.9 Å². The summed E-state index contributed by atoms with van der Waals surface area (Å²) in [6.07, 6.45) is -1.52. The van der Waals surface area contributed by atoms with Crippen LogP contribution in [0.1, 0.15) is 15.9 Å². The molecule has 8 heteroatoms. The number of carbonyl (C=O) groups excluding carboxylic acids is 1. The van der Waals surface area contributed by atoms with Crippen LogP contribution in [0.5, 0.6) is 0 Å². The molecule has 3 nitrogen and oxygen atoms in total. The second-order valence-corrected chi connectivity index (χ2v) is 7.19. The minimum Gasteiger partial charge on any atom is -0.309 e. The van der Waals surface area contributed by atoms with Gasteiger partial charge in [0.05, 0.1) is 23.0 Å². The first-order valence-corrected chi connectivity index (χ1v) is 9.21. The Morgan fingerprint density at radius 2 is 1.82 bits per heavy atom. The fourth-order valence-electron chi connectivity index (χ4n) is 2.72. The number of hydrogen-bond acceptors (Lipinski definition) is 2. The van der Waals surface area contributed by atoms with Crippen LogP contribution in [0, 0.1) is 0 Å². The lowest BCUT2D eigenvalue weighted by atomic mass is 10.0. The fourth-order valence-corrected chi connectivity index (χ4v) is 3.37. The molecular formula is C20H13BrClF3N2O. The van der Waals surface area contributed by atoms with E-state index in [0.717, 1.165) is 12.1 Å². The molecule has 1 heterocycles. The van der Waals surface area contributed by atoms with Crippen molar-refractivity contribution in [2.75, 3.05) is 11.9 Å². The summed E-state index contributed by atoms with van der Waals surface area (Å²) in [6.45, 7) is 0. The Labute approximate surface area is 172 Å². The van der Waals surface area contributed by atoms with E-state index >= 15 is 0 Å². The van der Waals surface area contributed by atoms with Crippen LogP contribution < -0.4 is 4.90 Å². The monoisotopic (exact) mass is 468 g/mol. The zero-order chi connectivity index (χ0) is 20.5. The van der Waals surface area contributed by atoms with Gasteiger partial charge in [-0.05, 0) is 46.3 Å². The molecule has 0 spiro atoms. The van der Waals surface area contributed by atoms with Crippen molar-refractivity contribution in [2.45, 2.75) is 6.18 Å². The second-order valence-electron chi connectivity index (χ2n) is 5.93. The number of amides is 1. The molecule has 0 aliphatic heterocycles. The molecule has 0 atom stereocenters. The largest absolute Gasteiger partial charge is 0.416 e. The Kier molecular flexibility index (Phi) is 5.76. The molecule has 3 aromatic rings. The van der Waals surface area contributed by atoms with E-state index in [-0.39, 0.29) is 10.0 Å². The maximum Gasteiger partial charge on any atom is 0.416 e. The van der Waals surface area contributed by atoms with E-state index in [1.165, 1.54) is 24.2 Å². The molecule has 0 bridgehead atoms. The van der Waals surface area contributed by atoms with Gasteiger partial charge in [0.25, 0.3) is 5.91 Å². The Morgan fingerprint density at radius 1 is 1.11 bits per heavy atom. The smallest absolute Gasteiger partial charge is 0.309 e. The summed E-state index contributed by atoms with van der Waals surface area (Å²) in [6, 6.07) is 11.7. The van der Waals surface area contributed by atoms with Gasteiger partial charge in [0.15, 0.2) is 0 Å². The highest BCUT2D eigenvalue weighted by atomic mass is 79.9. The fraction of sp³-hybridized carbons (Fsp3) is 0.100. The summed E-state index contributed by atoms with van der Waals surface area (Å²) in [4.78, 5) is 18.3. The standard InChI is InChI=1S/C20H13BrClF3N2O/c1-27(19(28)15-10-12(20(23,24)25)6-7-16(15)21)18-11-26-9-8-14(18)13-4-2-3-5-17(13)22/h2-11H,1H3. The van der Waals surface area contributed by atoms with Crippen LogP contribution in [0.25, 0.3) is 11.1 Å². The van der Waals surface area contributed by atoms with Crippen molar-refractivity contribution < 1.29 is 18.0 Å². The maximum absolute atomic E-state index is 13.1. The van der Waals surface area contributed by atoms with Crippen molar-refractivity contribution >= 4 is 39.1 Å². The van der Waals surface area contributed by atoms with Crippen molar-refractivity contribution in [3.63, 3.8) is 0 Å². The number of alkyl halides is 3. The third-order valence-corrected chi connectivity index (χ3v) is 5.18. The van der Waals surface area contributed by atoms with Gasteiger partial charge in [-0.25, -0.2) is 0 Å². The number of benzene rings is 2. The number of aromatic nitrogens is 1. The van der Waals surface area contributed by atoms with E-state index in [1.54, 1.807) is 36.5 Å². The van der Waals surface area contributed by atoms with Gasteiger partial charge < -0.3 is 4.90 Å². The quantitative estimate of drug-likeness (QED) is 0.441. The number of pyridine rings is 1. The van der Waals surface area contributed by atoms with Crippen molar-refractivity contribution in [1.29, 1.82) is 0 Å². The van der Waals surface area contributed by atoms with E-state index in [0.29, 0.717) is 21.8 Å². The Balaban J connectivity index is 2.06. The lowest BCUT2D eigenvalue weighted by Crippen LogP contribution is -2.27. The van der Waals surface area contributed by atoms with E-state index in [9.17, 15) is 18.0 Å². The van der Waals surface area contributed by atoms with Crippen LogP contribution in [-0.4, -0.2) is 17.9 Å². The van der Waals surface area contributed by atoms with E-state index in [4.69, 9.17) is 11.6 Å². The van der Waals surface area contributed by atoms with Crippen molar-refractivity contribution in [3.05, 3.63) is 81.5 Å². The number of rotatable bonds is 3. The molecule has 2 aromatic carbocycles. The third kappa shape index (κ3) is 4.05. The van der Waals surface area contributed by atoms with Crippen LogP contribution in [-0.2, 0) is 6.18 Å². The van der Waals surface area contributed by atoms with Gasteiger partial charge in [-0.2, -0.15) is 13.2 Å². The molecule has 0 saturated carbocycles. The summed E-state index contributed by atoms with van der Waals surface area (Å²) in [5, 5.41) is 0.482. The number of carbonyl (C=O) groups is 1. The topological polar surface area (TPSA) is 33.2 Å². The lowest BCUT2D eigenvalue weighted by Gasteiger charge is -2.22. The normalized spacial score (nSPS) is 11.4. The first-order valence-electron chi connectivity index (χ1n) is 8.04. The molecule has 0 radical (unpaired) electrons. The zero-order valence-electron chi connectivity index (χ0n) is 14.5. The average Bonchev–Trinajstić information content (AvgIpc) is 2.67. The van der Waals surface area contributed by atoms with Crippen LogP contribution in [0.2, 0.25) is 5.02 Å². The minimum absolute atomic E-state index is 0.105. The first kappa shape index (κ1) is 20.4. The molecule has 1 aromatic heterocycles. The van der Waals surface area contributed by atoms with Gasteiger partial charge in [-0.15, -0.1) is 0 Å². The van der Waals surface area contributed by atoms with E-state index < -0.39 is 17.6 Å². The Hall–Kier alpha value is -2.38. The summed E-state index contributed by atoms with van der Waals surface area (Å²) in [5.41, 5.74) is 0.741. The number of anilines is 1. The minimum atomic E-state index is -4.55. The van der Waals surface area contributed by atoms with Crippen LogP contribution >= 0.6 is 27.5 Å². The van der Waals surface area contributed by atoms with Crippen molar-refractivity contribution in [2.24, 2.45) is 0 Å². The third-order valence-electron chi connectivity index (χ3n) is 4.15. The molecule has 0 saturated heterocycles. The van der Waals surface area contributed by atoms with Gasteiger partial charge >= 0.3 is 6.18 Å². The molecule has 3 rings (SSSR count). The van der Waals surface area contributed by atoms with Crippen LogP contribution in [0.3, 0.4) is 0 Å². The van der Waals surface area contributed by atoms with Crippen molar-refractivity contribution in [1.82, 2.24) is 4.98 Å². The highest BCUT2D eigenvalue weighted by Gasteiger charge is 2.32. The van der Waals surface area contributed by atoms with Crippen molar-refractivity contribution in [3.8, 4) is 11.1 Å². The lowest BCUT2D eigenvalue weighted by molar-refractivity contribution is -0.137. The summed E-state index contributed by atoms with van der Waals surface area (Å²) in [5.74, 6) is -0.612. The Morgan fingerprint density at radius 3 is 2.50 bits per heavy atom. The SMILES string of the molecule is CN(C(=O)c1cc(C(F)(F)F)ccc1Br)c1cnccc1-c1ccccc1Cl. The molecule has 0 fully saturated rings. The predicted molar refractivity (Wildman–Crippen MR) is 107 cm³/mol. The van der Waals surface area contributed by atoms with Gasteiger partial charge in [0, 0.05) is 33.9 Å². The zero-order valence-corrected chi connectivity index (χ0v) is 16.8. The molecule has 0 unspecified atom stereocenters. The summed E-state index contributed by atoms with van der Waals surface area (Å²) in [7, 11) is 1.48. The second kappa shape index (κ2) is 7.93. The summed E-state index contributed by atoms with van der Waals surface area (Å²) < 4.78 is 39.4.